The van der Waals surface area contributed by atoms with Crippen molar-refractivity contribution >= 4 is 34.6 Å². The molecule has 14 nitrogen and oxygen atoms in total. The summed E-state index contributed by atoms with van der Waals surface area (Å²) >= 11 is 0. The Bertz CT molecular complexity index is 1290. The number of benzene rings is 2. The van der Waals surface area contributed by atoms with Crippen molar-refractivity contribution in [2.75, 3.05) is 63.0 Å². The number of carbonyl (C=O) groups is 2. The molecule has 2 aromatic rings. The third-order valence-electron chi connectivity index (χ3n) is 7.32. The van der Waals surface area contributed by atoms with Gasteiger partial charge >= 0.3 is 0 Å². The van der Waals surface area contributed by atoms with Crippen LogP contribution < -0.4 is 10.6 Å². The molecule has 0 aliphatic carbocycles. The van der Waals surface area contributed by atoms with E-state index in [1.54, 1.807) is 0 Å². The number of nitriles is 2. The van der Waals surface area contributed by atoms with Crippen molar-refractivity contribution in [3.63, 3.8) is 0 Å². The minimum atomic E-state index is -0.606. The van der Waals surface area contributed by atoms with Crippen molar-refractivity contribution in [3.05, 3.63) is 67.8 Å². The number of nitrogens with zero attached hydrogens (tertiary/aromatic N) is 6. The standard InChI is InChI=1S/C24H22N8O6/c25-13-17-11-19(29(35)36)1-3-21(17)27-23(33)15-31-5-8-32(9-6-31,10-7-31)16-24(34)28-22-4-2-20(30(37)38)12-18(22)14-26/h1-4,11-12H,5-10,15-16H2/p+2. The number of nitro benzene ring substituents is 2. The Morgan fingerprint density at radius 2 is 1.08 bits per heavy atom. The van der Waals surface area contributed by atoms with Crippen LogP contribution in [0.1, 0.15) is 11.1 Å². The first-order valence-corrected chi connectivity index (χ1v) is 11.7. The van der Waals surface area contributed by atoms with E-state index in [1.807, 2.05) is 12.1 Å². The van der Waals surface area contributed by atoms with Crippen LogP contribution in [0.25, 0.3) is 0 Å². The number of amides is 2. The van der Waals surface area contributed by atoms with Crippen LogP contribution in [0.4, 0.5) is 22.7 Å². The molecule has 3 aliphatic rings. The van der Waals surface area contributed by atoms with Crippen LogP contribution in [0.3, 0.4) is 0 Å². The second-order valence-electron chi connectivity index (χ2n) is 9.64. The molecule has 3 saturated heterocycles. The fourth-order valence-corrected chi connectivity index (χ4v) is 5.10. The van der Waals surface area contributed by atoms with E-state index in [9.17, 15) is 40.3 Å². The average Bonchev–Trinajstić information content (AvgIpc) is 2.89. The monoisotopic (exact) mass is 520 g/mol. The van der Waals surface area contributed by atoms with Crippen molar-refractivity contribution in [1.29, 1.82) is 10.5 Å². The largest absolute Gasteiger partial charge is 0.320 e. The summed E-state index contributed by atoms with van der Waals surface area (Å²) in [5.74, 6) is -0.589. The average molecular weight is 521 g/mol. The Labute approximate surface area is 216 Å². The Morgan fingerprint density at radius 1 is 0.737 bits per heavy atom. The first kappa shape index (κ1) is 26.2. The molecule has 2 bridgehead atoms. The Kier molecular flexibility index (Phi) is 7.03. The normalized spacial score (nSPS) is 21.5. The van der Waals surface area contributed by atoms with Crippen molar-refractivity contribution in [1.82, 2.24) is 0 Å². The Morgan fingerprint density at radius 3 is 1.37 bits per heavy atom. The number of nitro groups is 2. The highest BCUT2D eigenvalue weighted by Gasteiger charge is 2.50. The van der Waals surface area contributed by atoms with E-state index < -0.39 is 9.85 Å². The number of quaternary nitrogens is 2. The van der Waals surface area contributed by atoms with E-state index in [0.717, 1.165) is 12.1 Å². The fraction of sp³-hybridized carbons (Fsp3) is 0.333. The van der Waals surface area contributed by atoms with Crippen LogP contribution in [0.2, 0.25) is 0 Å². The van der Waals surface area contributed by atoms with Crippen LogP contribution in [-0.4, -0.2) is 83.0 Å². The predicted octanol–water partition coefficient (Wildman–Crippen LogP) is 1.48. The van der Waals surface area contributed by atoms with E-state index in [0.29, 0.717) is 48.2 Å². The lowest BCUT2D eigenvalue weighted by atomic mass is 10.1. The van der Waals surface area contributed by atoms with E-state index in [2.05, 4.69) is 10.6 Å². The summed E-state index contributed by atoms with van der Waals surface area (Å²) in [7, 11) is 0. The van der Waals surface area contributed by atoms with E-state index >= 15 is 0 Å². The summed E-state index contributed by atoms with van der Waals surface area (Å²) in [5, 5.41) is 45.9. The van der Waals surface area contributed by atoms with E-state index in [-0.39, 0.29) is 58.8 Å². The first-order chi connectivity index (χ1) is 18.1. The molecule has 0 aromatic heterocycles. The zero-order valence-electron chi connectivity index (χ0n) is 20.3. The number of fused-ring (bicyclic) bond motifs is 3. The van der Waals surface area contributed by atoms with Crippen molar-refractivity contribution in [2.24, 2.45) is 0 Å². The maximum atomic E-state index is 12.8. The molecule has 194 valence electrons. The second kappa shape index (κ2) is 10.2. The summed E-state index contributed by atoms with van der Waals surface area (Å²) in [4.78, 5) is 46.3. The van der Waals surface area contributed by atoms with Crippen LogP contribution in [0.5, 0.6) is 0 Å². The number of hydrogen-bond acceptors (Lipinski definition) is 8. The van der Waals surface area contributed by atoms with Gasteiger partial charge in [0, 0.05) is 24.3 Å². The van der Waals surface area contributed by atoms with Crippen LogP contribution in [0, 0.1) is 42.9 Å². The Hall–Kier alpha value is -4.92. The van der Waals surface area contributed by atoms with Gasteiger partial charge in [-0.2, -0.15) is 10.5 Å². The highest BCUT2D eigenvalue weighted by molar-refractivity contribution is 5.94. The summed E-state index contributed by atoms with van der Waals surface area (Å²) in [6, 6.07) is 11.2. The molecular weight excluding hydrogens is 496 g/mol. The molecule has 3 aliphatic heterocycles. The number of anilines is 2. The molecule has 3 heterocycles. The van der Waals surface area contributed by atoms with Crippen molar-refractivity contribution < 1.29 is 28.4 Å². The van der Waals surface area contributed by atoms with Gasteiger partial charge in [0.05, 0.1) is 32.3 Å². The molecule has 0 unspecified atom stereocenters. The van der Waals surface area contributed by atoms with Crippen molar-refractivity contribution in [2.45, 2.75) is 0 Å². The molecule has 0 saturated carbocycles. The molecule has 38 heavy (non-hydrogen) atoms. The van der Waals surface area contributed by atoms with Crippen LogP contribution in [-0.2, 0) is 9.59 Å². The molecule has 2 N–H and O–H groups in total. The summed E-state index contributed by atoms with van der Waals surface area (Å²) < 4.78 is 1.09. The van der Waals surface area contributed by atoms with Gasteiger partial charge in [-0.05, 0) is 12.1 Å². The molecule has 2 aromatic carbocycles. The molecule has 2 amide bonds. The van der Waals surface area contributed by atoms with Crippen molar-refractivity contribution in [3.8, 4) is 12.1 Å². The van der Waals surface area contributed by atoms with E-state index in [4.69, 9.17) is 0 Å². The minimum Gasteiger partial charge on any atom is -0.320 e. The van der Waals surface area contributed by atoms with Crippen LogP contribution >= 0.6 is 0 Å². The van der Waals surface area contributed by atoms with Gasteiger partial charge in [-0.15, -0.1) is 0 Å². The second-order valence-corrected chi connectivity index (χ2v) is 9.64. The summed E-state index contributed by atoms with van der Waals surface area (Å²) in [6.45, 7) is 4.41. The zero-order chi connectivity index (χ0) is 27.5. The highest BCUT2D eigenvalue weighted by atomic mass is 16.6. The van der Waals surface area contributed by atoms with Gasteiger partial charge in [0.2, 0.25) is 0 Å². The number of piperazine rings is 3. The first-order valence-electron chi connectivity index (χ1n) is 11.7. The molecule has 0 atom stereocenters. The molecule has 3 fully saturated rings. The molecule has 0 spiro atoms. The number of hydrogen-bond donors (Lipinski definition) is 2. The lowest BCUT2D eigenvalue weighted by molar-refractivity contribution is -1.07. The summed E-state index contributed by atoms with van der Waals surface area (Å²) in [6.07, 6.45) is 0. The quantitative estimate of drug-likeness (QED) is 0.297. The summed E-state index contributed by atoms with van der Waals surface area (Å²) in [5.41, 5.74) is 0.00605. The lowest BCUT2D eigenvalue weighted by Gasteiger charge is -2.54. The van der Waals surface area contributed by atoms with Gasteiger partial charge in [0.15, 0.2) is 13.1 Å². The number of rotatable bonds is 8. The smallest absolute Gasteiger partial charge is 0.279 e. The Balaban J connectivity index is 1.35. The van der Waals surface area contributed by atoms with Gasteiger partial charge in [-0.3, -0.25) is 29.8 Å². The minimum absolute atomic E-state index is 0.0131. The predicted molar refractivity (Wildman–Crippen MR) is 132 cm³/mol. The van der Waals surface area contributed by atoms with Gasteiger partial charge in [0.1, 0.15) is 51.4 Å². The topological polar surface area (TPSA) is 192 Å². The highest BCUT2D eigenvalue weighted by Crippen LogP contribution is 2.28. The maximum Gasteiger partial charge on any atom is 0.279 e. The molecule has 5 rings (SSSR count). The molecule has 0 radical (unpaired) electrons. The third-order valence-corrected chi connectivity index (χ3v) is 7.32. The molecule has 14 heteroatoms. The maximum absolute atomic E-state index is 12.8. The zero-order valence-corrected chi connectivity index (χ0v) is 20.3. The molecular formula is C24H24N8O6+2. The van der Waals surface area contributed by atoms with E-state index in [1.165, 1.54) is 24.3 Å². The fourth-order valence-electron chi connectivity index (χ4n) is 5.10. The third kappa shape index (κ3) is 5.41. The lowest BCUT2D eigenvalue weighted by Crippen LogP contribution is -2.76. The van der Waals surface area contributed by atoms with Crippen LogP contribution in [0.15, 0.2) is 36.4 Å². The van der Waals surface area contributed by atoms with Gasteiger partial charge < -0.3 is 19.6 Å². The van der Waals surface area contributed by atoms with Gasteiger partial charge in [0.25, 0.3) is 23.2 Å². The van der Waals surface area contributed by atoms with Gasteiger partial charge in [-0.25, -0.2) is 0 Å². The number of non-ortho nitro benzene ring substituents is 2. The SMILES string of the molecule is N#Cc1cc([N+](=O)[O-])ccc1NC(=O)C[N+]12CC[N+](CC(=O)Nc3ccc([N+](=O)[O-])cc3C#N)(CC1)CC2. The van der Waals surface area contributed by atoms with Gasteiger partial charge in [-0.1, -0.05) is 0 Å². The number of carbonyl (C=O) groups excluding carboxylic acids is 2. The number of nitrogens with one attached hydrogen (secondary N) is 2.